The van der Waals surface area contributed by atoms with Crippen LogP contribution in [0.15, 0.2) is 48.5 Å². The molecule has 0 spiro atoms. The number of rotatable bonds is 7. The molecule has 0 aromatic heterocycles. The van der Waals surface area contributed by atoms with Crippen molar-refractivity contribution >= 4 is 35.1 Å². The largest absolute Gasteiger partial charge is 0.454 e. The van der Waals surface area contributed by atoms with Gasteiger partial charge in [-0.05, 0) is 55.8 Å². The molecule has 1 N–H and O–H groups in total. The molecule has 8 heteroatoms. The Morgan fingerprint density at radius 3 is 2.47 bits per heavy atom. The highest BCUT2D eigenvalue weighted by Gasteiger charge is 2.22. The SMILES string of the molecule is CCOC(=O)Nc1cccc(C(=O)OCC(=O)c2ccc(N3CCCC3=O)cc2)c1. The number of hydrogen-bond donors (Lipinski definition) is 1. The second kappa shape index (κ2) is 9.69. The molecule has 30 heavy (non-hydrogen) atoms. The van der Waals surface area contributed by atoms with Crippen LogP contribution in [0.2, 0.25) is 0 Å². The van der Waals surface area contributed by atoms with E-state index in [0.29, 0.717) is 24.2 Å². The lowest BCUT2D eigenvalue weighted by Gasteiger charge is -2.15. The highest BCUT2D eigenvalue weighted by atomic mass is 16.5. The Morgan fingerprint density at radius 1 is 1.03 bits per heavy atom. The first-order chi connectivity index (χ1) is 14.5. The van der Waals surface area contributed by atoms with Gasteiger partial charge >= 0.3 is 12.1 Å². The number of ketones is 1. The molecule has 1 saturated heterocycles. The minimum atomic E-state index is -0.685. The Balaban J connectivity index is 1.56. The Kier molecular flexibility index (Phi) is 6.79. The lowest BCUT2D eigenvalue weighted by molar-refractivity contribution is -0.117. The molecule has 1 fully saturated rings. The molecule has 0 unspecified atom stereocenters. The van der Waals surface area contributed by atoms with Crippen LogP contribution in [0.3, 0.4) is 0 Å². The first-order valence-electron chi connectivity index (χ1n) is 9.62. The van der Waals surface area contributed by atoms with Crippen molar-refractivity contribution in [2.45, 2.75) is 19.8 Å². The number of nitrogens with one attached hydrogen (secondary N) is 1. The molecule has 1 aliphatic rings. The second-order valence-corrected chi connectivity index (χ2v) is 6.62. The Hall–Kier alpha value is -3.68. The normalized spacial score (nSPS) is 13.1. The number of Topliss-reactive ketones (excluding diaryl/α,β-unsaturated/α-hetero) is 1. The van der Waals surface area contributed by atoms with Crippen LogP contribution in [0.4, 0.5) is 16.2 Å². The number of benzene rings is 2. The summed E-state index contributed by atoms with van der Waals surface area (Å²) in [6.07, 6.45) is 0.733. The van der Waals surface area contributed by atoms with E-state index in [1.165, 1.54) is 12.1 Å². The summed E-state index contributed by atoms with van der Waals surface area (Å²) in [6, 6.07) is 12.8. The van der Waals surface area contributed by atoms with Gasteiger partial charge in [0.25, 0.3) is 0 Å². The number of carbonyl (C=O) groups is 4. The van der Waals surface area contributed by atoms with Gasteiger partial charge < -0.3 is 14.4 Å². The van der Waals surface area contributed by atoms with Crippen molar-refractivity contribution in [1.82, 2.24) is 0 Å². The molecule has 0 radical (unpaired) electrons. The summed E-state index contributed by atoms with van der Waals surface area (Å²) in [6.45, 7) is 2.17. The molecule has 1 heterocycles. The van der Waals surface area contributed by atoms with Crippen LogP contribution in [0, 0.1) is 0 Å². The highest BCUT2D eigenvalue weighted by Crippen LogP contribution is 2.22. The number of ether oxygens (including phenoxy) is 2. The van der Waals surface area contributed by atoms with Crippen molar-refractivity contribution in [2.75, 3.05) is 30.0 Å². The van der Waals surface area contributed by atoms with Gasteiger partial charge in [-0.1, -0.05) is 6.07 Å². The number of anilines is 2. The number of esters is 1. The first-order valence-corrected chi connectivity index (χ1v) is 9.62. The van der Waals surface area contributed by atoms with E-state index in [-0.39, 0.29) is 23.9 Å². The Bertz CT molecular complexity index is 954. The molecule has 0 aliphatic carbocycles. The van der Waals surface area contributed by atoms with Gasteiger partial charge in [-0.25, -0.2) is 9.59 Å². The van der Waals surface area contributed by atoms with E-state index in [2.05, 4.69) is 5.32 Å². The van der Waals surface area contributed by atoms with Gasteiger partial charge in [-0.3, -0.25) is 14.9 Å². The summed E-state index contributed by atoms with van der Waals surface area (Å²) in [5.41, 5.74) is 1.70. The summed E-state index contributed by atoms with van der Waals surface area (Å²) >= 11 is 0. The van der Waals surface area contributed by atoms with Gasteiger partial charge in [-0.15, -0.1) is 0 Å². The minimum Gasteiger partial charge on any atom is -0.454 e. The van der Waals surface area contributed by atoms with E-state index in [1.54, 1.807) is 48.2 Å². The second-order valence-electron chi connectivity index (χ2n) is 6.62. The predicted octanol–water partition coefficient (Wildman–Crippen LogP) is 3.42. The maximum atomic E-state index is 12.3. The van der Waals surface area contributed by atoms with Crippen LogP contribution >= 0.6 is 0 Å². The smallest absolute Gasteiger partial charge is 0.411 e. The fourth-order valence-electron chi connectivity index (χ4n) is 3.06. The third-order valence-corrected chi connectivity index (χ3v) is 4.53. The van der Waals surface area contributed by atoms with Crippen molar-refractivity contribution < 1.29 is 28.7 Å². The average Bonchev–Trinajstić information content (AvgIpc) is 3.18. The van der Waals surface area contributed by atoms with Crippen LogP contribution in [0.25, 0.3) is 0 Å². The van der Waals surface area contributed by atoms with Gasteiger partial charge in [0.15, 0.2) is 12.4 Å². The van der Waals surface area contributed by atoms with Crippen molar-refractivity contribution in [3.05, 3.63) is 59.7 Å². The molecular formula is C22H22N2O6. The van der Waals surface area contributed by atoms with E-state index < -0.39 is 18.7 Å². The van der Waals surface area contributed by atoms with Crippen molar-refractivity contribution in [2.24, 2.45) is 0 Å². The maximum Gasteiger partial charge on any atom is 0.411 e. The lowest BCUT2D eigenvalue weighted by Crippen LogP contribution is -2.23. The van der Waals surface area contributed by atoms with Gasteiger partial charge in [0.1, 0.15) is 0 Å². The number of hydrogen-bond acceptors (Lipinski definition) is 6. The van der Waals surface area contributed by atoms with E-state index in [0.717, 1.165) is 12.1 Å². The molecule has 2 amide bonds. The monoisotopic (exact) mass is 410 g/mol. The van der Waals surface area contributed by atoms with Gasteiger partial charge in [0.05, 0.1) is 12.2 Å². The maximum absolute atomic E-state index is 12.3. The first kappa shape index (κ1) is 21.0. The minimum absolute atomic E-state index is 0.0719. The van der Waals surface area contributed by atoms with Crippen molar-refractivity contribution in [3.63, 3.8) is 0 Å². The molecule has 8 nitrogen and oxygen atoms in total. The van der Waals surface area contributed by atoms with Crippen LogP contribution < -0.4 is 10.2 Å². The van der Waals surface area contributed by atoms with E-state index in [9.17, 15) is 19.2 Å². The zero-order valence-electron chi connectivity index (χ0n) is 16.6. The third kappa shape index (κ3) is 5.22. The molecule has 156 valence electrons. The molecule has 0 bridgehead atoms. The molecule has 1 aliphatic heterocycles. The Labute approximate surface area is 173 Å². The number of nitrogens with zero attached hydrogens (tertiary/aromatic N) is 1. The van der Waals surface area contributed by atoms with Gasteiger partial charge in [0.2, 0.25) is 5.91 Å². The molecule has 0 saturated carbocycles. The van der Waals surface area contributed by atoms with Gasteiger partial charge in [0, 0.05) is 29.9 Å². The molecular weight excluding hydrogens is 388 g/mol. The van der Waals surface area contributed by atoms with Crippen LogP contribution in [0.5, 0.6) is 0 Å². The van der Waals surface area contributed by atoms with Crippen LogP contribution in [0.1, 0.15) is 40.5 Å². The lowest BCUT2D eigenvalue weighted by atomic mass is 10.1. The number of amides is 2. The third-order valence-electron chi connectivity index (χ3n) is 4.53. The van der Waals surface area contributed by atoms with E-state index in [4.69, 9.17) is 9.47 Å². The number of carbonyl (C=O) groups excluding carboxylic acids is 4. The van der Waals surface area contributed by atoms with Crippen molar-refractivity contribution in [1.29, 1.82) is 0 Å². The average molecular weight is 410 g/mol. The Morgan fingerprint density at radius 2 is 1.80 bits per heavy atom. The van der Waals surface area contributed by atoms with Crippen LogP contribution in [-0.2, 0) is 14.3 Å². The molecule has 2 aromatic carbocycles. The standard InChI is InChI=1S/C22H22N2O6/c1-2-29-22(28)23-17-6-3-5-16(13-17)21(27)30-14-19(25)15-8-10-18(11-9-15)24-12-4-7-20(24)26/h3,5-6,8-11,13H,2,4,7,12,14H2,1H3,(H,23,28). The van der Waals surface area contributed by atoms with Crippen molar-refractivity contribution in [3.8, 4) is 0 Å². The topological polar surface area (TPSA) is 102 Å². The molecule has 3 rings (SSSR count). The summed E-state index contributed by atoms with van der Waals surface area (Å²) < 4.78 is 9.89. The zero-order valence-corrected chi connectivity index (χ0v) is 16.6. The summed E-state index contributed by atoms with van der Waals surface area (Å²) in [7, 11) is 0. The zero-order chi connectivity index (χ0) is 21.5. The van der Waals surface area contributed by atoms with E-state index >= 15 is 0 Å². The highest BCUT2D eigenvalue weighted by molar-refractivity contribution is 6.01. The fourth-order valence-corrected chi connectivity index (χ4v) is 3.06. The summed E-state index contributed by atoms with van der Waals surface area (Å²) in [5.74, 6) is -0.971. The quantitative estimate of drug-likeness (QED) is 0.554. The van der Waals surface area contributed by atoms with Crippen LogP contribution in [-0.4, -0.2) is 43.5 Å². The fraction of sp³-hybridized carbons (Fsp3) is 0.273. The summed E-state index contributed by atoms with van der Waals surface area (Å²) in [5, 5.41) is 2.50. The summed E-state index contributed by atoms with van der Waals surface area (Å²) in [4.78, 5) is 49.5. The molecule has 2 aromatic rings. The molecule has 0 atom stereocenters. The van der Waals surface area contributed by atoms with Gasteiger partial charge in [-0.2, -0.15) is 0 Å². The predicted molar refractivity (Wildman–Crippen MR) is 110 cm³/mol. The van der Waals surface area contributed by atoms with E-state index in [1.807, 2.05) is 0 Å².